The van der Waals surface area contributed by atoms with Crippen molar-refractivity contribution >= 4 is 11.3 Å². The summed E-state index contributed by atoms with van der Waals surface area (Å²) < 4.78 is 0. The van der Waals surface area contributed by atoms with Gasteiger partial charge in [-0.3, -0.25) is 4.90 Å². The third kappa shape index (κ3) is 2.63. The van der Waals surface area contributed by atoms with E-state index in [1.807, 2.05) is 6.92 Å². The summed E-state index contributed by atoms with van der Waals surface area (Å²) in [6.07, 6.45) is 1.80. The zero-order valence-corrected chi connectivity index (χ0v) is 10.5. The summed E-state index contributed by atoms with van der Waals surface area (Å²) in [5.74, 6) is 0. The van der Waals surface area contributed by atoms with Gasteiger partial charge in [0.25, 0.3) is 0 Å². The number of likely N-dealkylation sites (tertiary alicyclic amines) is 1. The predicted molar refractivity (Wildman–Crippen MR) is 67.5 cm³/mol. The van der Waals surface area contributed by atoms with E-state index in [2.05, 4.69) is 22.4 Å². The quantitative estimate of drug-likeness (QED) is 0.843. The molecule has 1 fully saturated rings. The van der Waals surface area contributed by atoms with Crippen LogP contribution in [0.25, 0.3) is 0 Å². The minimum atomic E-state index is -0.185. The van der Waals surface area contributed by atoms with Gasteiger partial charge in [-0.05, 0) is 37.8 Å². The number of β-amino-alcohol motifs (C(OH)–C–C–N with tert-alkyl or cyclic N) is 1. The third-order valence-corrected chi connectivity index (χ3v) is 4.10. The molecule has 2 heterocycles. The highest BCUT2D eigenvalue weighted by molar-refractivity contribution is 7.10. The van der Waals surface area contributed by atoms with E-state index in [0.29, 0.717) is 0 Å². The zero-order chi connectivity index (χ0) is 11.5. The number of nitrogens with two attached hydrogens (primary N) is 1. The van der Waals surface area contributed by atoms with E-state index in [9.17, 15) is 5.11 Å². The second-order valence-electron chi connectivity index (χ2n) is 4.61. The highest BCUT2D eigenvalue weighted by Crippen LogP contribution is 2.29. The molecule has 0 bridgehead atoms. The van der Waals surface area contributed by atoms with E-state index in [-0.39, 0.29) is 18.2 Å². The summed E-state index contributed by atoms with van der Waals surface area (Å²) in [7, 11) is 0. The first kappa shape index (κ1) is 12.0. The monoisotopic (exact) mass is 240 g/mol. The van der Waals surface area contributed by atoms with Gasteiger partial charge in [0.2, 0.25) is 0 Å². The van der Waals surface area contributed by atoms with Gasteiger partial charge < -0.3 is 10.8 Å². The summed E-state index contributed by atoms with van der Waals surface area (Å²) in [6.45, 7) is 3.84. The number of thiophene rings is 1. The van der Waals surface area contributed by atoms with Crippen LogP contribution in [-0.4, -0.2) is 35.2 Å². The molecule has 0 spiro atoms. The Morgan fingerprint density at radius 3 is 3.00 bits per heavy atom. The molecule has 0 saturated carbocycles. The Morgan fingerprint density at radius 2 is 2.44 bits per heavy atom. The lowest BCUT2D eigenvalue weighted by Crippen LogP contribution is -2.45. The molecular formula is C12H20N2OS. The third-order valence-electron chi connectivity index (χ3n) is 3.15. The van der Waals surface area contributed by atoms with Crippen molar-refractivity contribution in [1.82, 2.24) is 4.90 Å². The van der Waals surface area contributed by atoms with Gasteiger partial charge in [-0.1, -0.05) is 6.07 Å². The number of piperidine rings is 1. The lowest BCUT2D eigenvalue weighted by atomic mass is 10.0. The van der Waals surface area contributed by atoms with Crippen molar-refractivity contribution in [2.24, 2.45) is 5.73 Å². The van der Waals surface area contributed by atoms with Gasteiger partial charge in [-0.25, -0.2) is 0 Å². The highest BCUT2D eigenvalue weighted by Gasteiger charge is 2.28. The van der Waals surface area contributed by atoms with Gasteiger partial charge in [0.1, 0.15) is 0 Å². The Balaban J connectivity index is 2.13. The van der Waals surface area contributed by atoms with E-state index in [1.165, 1.54) is 4.88 Å². The average molecular weight is 240 g/mol. The number of nitrogens with zero attached hydrogens (tertiary/aromatic N) is 1. The van der Waals surface area contributed by atoms with Gasteiger partial charge >= 0.3 is 0 Å². The normalized spacial score (nSPS) is 26.6. The molecule has 1 saturated heterocycles. The lowest BCUT2D eigenvalue weighted by Gasteiger charge is -2.38. The molecule has 2 rings (SSSR count). The molecule has 0 radical (unpaired) electrons. The Kier molecular flexibility index (Phi) is 3.97. The maximum Gasteiger partial charge on any atom is 0.0667 e. The Bertz CT molecular complexity index is 313. The lowest BCUT2D eigenvalue weighted by molar-refractivity contribution is 0.0414. The summed E-state index contributed by atoms with van der Waals surface area (Å²) in [4.78, 5) is 3.63. The fourth-order valence-corrected chi connectivity index (χ4v) is 3.44. The Hall–Kier alpha value is -0.420. The van der Waals surface area contributed by atoms with E-state index in [0.717, 1.165) is 25.9 Å². The molecular weight excluding hydrogens is 220 g/mol. The molecule has 1 aromatic rings. The molecule has 1 aliphatic rings. The van der Waals surface area contributed by atoms with Gasteiger partial charge in [0, 0.05) is 17.5 Å². The highest BCUT2D eigenvalue weighted by atomic mass is 32.1. The molecule has 3 unspecified atom stereocenters. The number of hydrogen-bond acceptors (Lipinski definition) is 4. The molecule has 1 aliphatic heterocycles. The number of aliphatic hydroxyl groups is 1. The maximum atomic E-state index is 9.73. The SMILES string of the molecule is CC(N)C(c1cccs1)N1CCCC(O)C1. The standard InChI is InChI=1S/C12H20N2OS/c1-9(13)12(11-5-3-7-16-11)14-6-2-4-10(15)8-14/h3,5,7,9-10,12,15H,2,4,6,8,13H2,1H3. The van der Waals surface area contributed by atoms with Crippen LogP contribution in [0.4, 0.5) is 0 Å². The van der Waals surface area contributed by atoms with Crippen molar-refractivity contribution in [2.45, 2.75) is 38.0 Å². The van der Waals surface area contributed by atoms with Crippen LogP contribution in [-0.2, 0) is 0 Å². The van der Waals surface area contributed by atoms with Gasteiger partial charge in [0.05, 0.1) is 12.1 Å². The van der Waals surface area contributed by atoms with Gasteiger partial charge in [-0.2, -0.15) is 0 Å². The average Bonchev–Trinajstić information content (AvgIpc) is 2.71. The van der Waals surface area contributed by atoms with Crippen LogP contribution >= 0.6 is 11.3 Å². The van der Waals surface area contributed by atoms with E-state index in [1.54, 1.807) is 11.3 Å². The zero-order valence-electron chi connectivity index (χ0n) is 9.67. The Morgan fingerprint density at radius 1 is 1.62 bits per heavy atom. The molecule has 3 nitrogen and oxygen atoms in total. The van der Waals surface area contributed by atoms with Crippen molar-refractivity contribution < 1.29 is 5.11 Å². The maximum absolute atomic E-state index is 9.73. The van der Waals surface area contributed by atoms with Crippen LogP contribution in [0.15, 0.2) is 17.5 Å². The summed E-state index contributed by atoms with van der Waals surface area (Å²) in [5, 5.41) is 11.8. The first-order valence-electron chi connectivity index (χ1n) is 5.89. The topological polar surface area (TPSA) is 49.5 Å². The van der Waals surface area contributed by atoms with Gasteiger partial charge in [-0.15, -0.1) is 11.3 Å². The van der Waals surface area contributed by atoms with E-state index >= 15 is 0 Å². The van der Waals surface area contributed by atoms with Crippen LogP contribution in [0.2, 0.25) is 0 Å². The van der Waals surface area contributed by atoms with E-state index in [4.69, 9.17) is 5.73 Å². The van der Waals surface area contributed by atoms with Gasteiger partial charge in [0.15, 0.2) is 0 Å². The molecule has 90 valence electrons. The van der Waals surface area contributed by atoms with Crippen LogP contribution < -0.4 is 5.73 Å². The van der Waals surface area contributed by atoms with Crippen LogP contribution in [0.3, 0.4) is 0 Å². The number of rotatable bonds is 3. The molecule has 0 aliphatic carbocycles. The van der Waals surface area contributed by atoms with Crippen molar-refractivity contribution in [1.29, 1.82) is 0 Å². The molecule has 4 heteroatoms. The molecule has 16 heavy (non-hydrogen) atoms. The first-order valence-corrected chi connectivity index (χ1v) is 6.77. The fraction of sp³-hybridized carbons (Fsp3) is 0.667. The first-order chi connectivity index (χ1) is 7.68. The fourth-order valence-electron chi connectivity index (χ4n) is 2.47. The number of aliphatic hydroxyl groups excluding tert-OH is 1. The molecule has 3 N–H and O–H groups in total. The molecule has 0 aromatic carbocycles. The number of hydrogen-bond donors (Lipinski definition) is 2. The second-order valence-corrected chi connectivity index (χ2v) is 5.59. The summed E-state index contributed by atoms with van der Waals surface area (Å²) >= 11 is 1.75. The van der Waals surface area contributed by atoms with Crippen LogP contribution in [0, 0.1) is 0 Å². The Labute approximate surface area is 101 Å². The smallest absolute Gasteiger partial charge is 0.0667 e. The summed E-state index contributed by atoms with van der Waals surface area (Å²) in [6, 6.07) is 4.56. The van der Waals surface area contributed by atoms with Crippen LogP contribution in [0.1, 0.15) is 30.7 Å². The predicted octanol–water partition coefficient (Wildman–Crippen LogP) is 1.59. The molecule has 0 amide bonds. The van der Waals surface area contributed by atoms with Crippen LogP contribution in [0.5, 0.6) is 0 Å². The van der Waals surface area contributed by atoms with E-state index < -0.39 is 0 Å². The largest absolute Gasteiger partial charge is 0.392 e. The van der Waals surface area contributed by atoms with Crippen molar-refractivity contribution in [3.05, 3.63) is 22.4 Å². The van der Waals surface area contributed by atoms with Crippen molar-refractivity contribution in [3.63, 3.8) is 0 Å². The second kappa shape index (κ2) is 5.27. The minimum Gasteiger partial charge on any atom is -0.392 e. The minimum absolute atomic E-state index is 0.101. The molecule has 3 atom stereocenters. The summed E-state index contributed by atoms with van der Waals surface area (Å²) in [5.41, 5.74) is 6.09. The van der Waals surface area contributed by atoms with Crippen molar-refractivity contribution in [2.75, 3.05) is 13.1 Å². The van der Waals surface area contributed by atoms with Crippen molar-refractivity contribution in [3.8, 4) is 0 Å². The molecule has 1 aromatic heterocycles.